The smallest absolute Gasteiger partial charge is 0.204 e. The predicted octanol–water partition coefficient (Wildman–Crippen LogP) is 1.12. The molecule has 3 nitrogen and oxygen atoms in total. The van der Waals surface area contributed by atoms with Gasteiger partial charge in [-0.1, -0.05) is 0 Å². The molecule has 2 aromatic rings. The van der Waals surface area contributed by atoms with Crippen LogP contribution in [0.2, 0.25) is 0 Å². The Hall–Kier alpha value is -1.29. The van der Waals surface area contributed by atoms with Crippen molar-refractivity contribution in [3.63, 3.8) is 0 Å². The molecule has 0 saturated carbocycles. The Kier molecular flexibility index (Phi) is 1.22. The molecular weight excluding hydrogens is 160 g/mol. The minimum Gasteiger partial charge on any atom is -0.606 e. The fourth-order valence-electron chi connectivity index (χ4n) is 0.974. The third-order valence-electron chi connectivity index (χ3n) is 1.47. The summed E-state index contributed by atoms with van der Waals surface area (Å²) >= 11 is 1.15. The minimum atomic E-state index is 0.694. The van der Waals surface area contributed by atoms with Crippen molar-refractivity contribution in [1.29, 1.82) is 0 Å². The Morgan fingerprint density at radius 1 is 1.45 bits per heavy atom. The van der Waals surface area contributed by atoms with Gasteiger partial charge in [0.05, 0.1) is 5.39 Å². The summed E-state index contributed by atoms with van der Waals surface area (Å²) in [5.41, 5.74) is 6.22. The molecule has 0 radical (unpaired) electrons. The van der Waals surface area contributed by atoms with Crippen LogP contribution in [0.1, 0.15) is 0 Å². The fraction of sp³-hybridized carbons (Fsp3) is 0. The van der Waals surface area contributed by atoms with Gasteiger partial charge in [-0.3, -0.25) is 0 Å². The maximum atomic E-state index is 10.8. The largest absolute Gasteiger partial charge is 0.606 e. The van der Waals surface area contributed by atoms with Gasteiger partial charge in [-0.15, -0.1) is 4.12 Å². The second-order valence-electron chi connectivity index (χ2n) is 2.30. The minimum absolute atomic E-state index is 0.694. The molecule has 1 aromatic heterocycles. The van der Waals surface area contributed by atoms with Gasteiger partial charge < -0.3 is 10.9 Å². The molecule has 1 aromatic carbocycles. The van der Waals surface area contributed by atoms with E-state index in [0.717, 1.165) is 25.7 Å². The SMILES string of the molecule is Nc1ccc2c[n+]([O-])sc2c1. The van der Waals surface area contributed by atoms with Gasteiger partial charge in [0.15, 0.2) is 11.5 Å². The number of rotatable bonds is 0. The molecule has 0 aliphatic heterocycles. The van der Waals surface area contributed by atoms with E-state index < -0.39 is 0 Å². The number of aromatic nitrogens is 1. The Morgan fingerprint density at radius 3 is 3.09 bits per heavy atom. The highest BCUT2D eigenvalue weighted by Crippen LogP contribution is 2.18. The van der Waals surface area contributed by atoms with Gasteiger partial charge in [-0.2, -0.15) is 0 Å². The molecule has 2 N–H and O–H groups in total. The summed E-state index contributed by atoms with van der Waals surface area (Å²) in [6, 6.07) is 5.43. The molecule has 0 fully saturated rings. The van der Waals surface area contributed by atoms with Crippen molar-refractivity contribution >= 4 is 27.3 Å². The van der Waals surface area contributed by atoms with Crippen LogP contribution in [-0.4, -0.2) is 0 Å². The maximum Gasteiger partial charge on any atom is 0.204 e. The molecule has 2 rings (SSSR count). The number of nitrogen functional groups attached to an aromatic ring is 1. The van der Waals surface area contributed by atoms with E-state index in [-0.39, 0.29) is 0 Å². The number of anilines is 1. The van der Waals surface area contributed by atoms with Crippen LogP contribution in [0.3, 0.4) is 0 Å². The van der Waals surface area contributed by atoms with E-state index in [1.165, 1.54) is 0 Å². The highest BCUT2D eigenvalue weighted by Gasteiger charge is 2.02. The Balaban J connectivity index is 2.82. The van der Waals surface area contributed by atoms with E-state index in [2.05, 4.69) is 0 Å². The third kappa shape index (κ3) is 1.01. The summed E-state index contributed by atoms with van der Waals surface area (Å²) in [7, 11) is 0. The molecule has 0 bridgehead atoms. The number of hydrogen-bond donors (Lipinski definition) is 1. The lowest BCUT2D eigenvalue weighted by Crippen LogP contribution is -2.16. The van der Waals surface area contributed by atoms with Crippen LogP contribution < -0.4 is 9.85 Å². The van der Waals surface area contributed by atoms with Crippen molar-refractivity contribution in [2.75, 3.05) is 5.73 Å². The monoisotopic (exact) mass is 166 g/mol. The van der Waals surface area contributed by atoms with E-state index >= 15 is 0 Å². The number of benzene rings is 1. The molecule has 0 unspecified atom stereocenters. The molecular formula is C7H6N2OS. The van der Waals surface area contributed by atoms with Crippen molar-refractivity contribution in [3.8, 4) is 0 Å². The molecule has 56 valence electrons. The lowest BCUT2D eigenvalue weighted by Gasteiger charge is -1.86. The normalized spacial score (nSPS) is 10.5. The van der Waals surface area contributed by atoms with Crippen molar-refractivity contribution in [1.82, 2.24) is 0 Å². The van der Waals surface area contributed by atoms with Crippen LogP contribution in [0.15, 0.2) is 24.4 Å². The predicted molar refractivity (Wildman–Crippen MR) is 45.2 cm³/mol. The van der Waals surface area contributed by atoms with Crippen LogP contribution in [0.25, 0.3) is 10.1 Å². The second kappa shape index (κ2) is 2.10. The summed E-state index contributed by atoms with van der Waals surface area (Å²) in [5.74, 6) is 0. The van der Waals surface area contributed by atoms with Crippen molar-refractivity contribution in [2.24, 2.45) is 0 Å². The molecule has 4 heteroatoms. The maximum absolute atomic E-state index is 10.8. The zero-order valence-corrected chi connectivity index (χ0v) is 6.47. The number of nitrogens with two attached hydrogens (primary N) is 1. The first-order chi connectivity index (χ1) is 5.25. The summed E-state index contributed by atoms with van der Waals surface area (Å²) in [6.45, 7) is 0. The Morgan fingerprint density at radius 2 is 2.27 bits per heavy atom. The van der Waals surface area contributed by atoms with Gasteiger partial charge in [0, 0.05) is 5.69 Å². The van der Waals surface area contributed by atoms with Gasteiger partial charge in [0.25, 0.3) is 0 Å². The van der Waals surface area contributed by atoms with Crippen molar-refractivity contribution in [3.05, 3.63) is 29.6 Å². The highest BCUT2D eigenvalue weighted by atomic mass is 32.1. The molecule has 0 atom stereocenters. The van der Waals surface area contributed by atoms with Crippen molar-refractivity contribution < 1.29 is 4.12 Å². The van der Waals surface area contributed by atoms with Gasteiger partial charge in [0.2, 0.25) is 6.20 Å². The first-order valence-electron chi connectivity index (χ1n) is 3.14. The molecule has 0 aliphatic rings. The van der Waals surface area contributed by atoms with Crippen LogP contribution in [-0.2, 0) is 0 Å². The van der Waals surface area contributed by atoms with E-state index in [1.807, 2.05) is 6.07 Å². The first kappa shape index (κ1) is 6.42. The second-order valence-corrected chi connectivity index (χ2v) is 3.29. The van der Waals surface area contributed by atoms with Crippen LogP contribution >= 0.6 is 11.5 Å². The number of nitrogens with zero attached hydrogens (tertiary/aromatic N) is 1. The zero-order chi connectivity index (χ0) is 7.84. The average Bonchev–Trinajstić information content (AvgIpc) is 2.27. The summed E-state index contributed by atoms with van der Waals surface area (Å²) in [6.07, 6.45) is 1.54. The lowest BCUT2D eigenvalue weighted by atomic mass is 10.2. The standard InChI is InChI=1S/C7H6N2OS/c8-6-2-1-5-4-9(10)11-7(5)3-6/h1-4H,8H2. The molecule has 0 amide bonds. The molecule has 11 heavy (non-hydrogen) atoms. The topological polar surface area (TPSA) is 53.0 Å². The highest BCUT2D eigenvalue weighted by molar-refractivity contribution is 7.09. The van der Waals surface area contributed by atoms with Crippen molar-refractivity contribution in [2.45, 2.75) is 0 Å². The van der Waals surface area contributed by atoms with Gasteiger partial charge >= 0.3 is 0 Å². The molecule has 0 spiro atoms. The number of fused-ring (bicyclic) bond motifs is 1. The van der Waals surface area contributed by atoms with E-state index in [4.69, 9.17) is 5.73 Å². The van der Waals surface area contributed by atoms with Crippen LogP contribution in [0.5, 0.6) is 0 Å². The van der Waals surface area contributed by atoms with Gasteiger partial charge in [0.1, 0.15) is 4.70 Å². The van der Waals surface area contributed by atoms with E-state index in [1.54, 1.807) is 18.3 Å². The van der Waals surface area contributed by atoms with E-state index in [0.29, 0.717) is 5.69 Å². The van der Waals surface area contributed by atoms with Gasteiger partial charge in [-0.25, -0.2) is 0 Å². The zero-order valence-electron chi connectivity index (χ0n) is 5.65. The summed E-state index contributed by atoms with van der Waals surface area (Å²) in [5, 5.41) is 11.7. The quantitative estimate of drug-likeness (QED) is 0.362. The molecule has 0 aliphatic carbocycles. The first-order valence-corrected chi connectivity index (χ1v) is 3.92. The molecule has 1 heterocycles. The molecule has 0 saturated heterocycles. The summed E-state index contributed by atoms with van der Waals surface area (Å²) in [4.78, 5) is 0. The van der Waals surface area contributed by atoms with Crippen LogP contribution in [0.4, 0.5) is 5.69 Å². The average molecular weight is 166 g/mol. The number of hydrogen-bond acceptors (Lipinski definition) is 3. The van der Waals surface area contributed by atoms with Gasteiger partial charge in [-0.05, 0) is 18.2 Å². The Bertz CT molecular complexity index is 396. The lowest BCUT2D eigenvalue weighted by molar-refractivity contribution is -0.528. The van der Waals surface area contributed by atoms with E-state index in [9.17, 15) is 5.21 Å². The third-order valence-corrected chi connectivity index (χ3v) is 2.31. The van der Waals surface area contributed by atoms with Crippen LogP contribution in [0, 0.1) is 5.21 Å². The Labute approximate surface area is 67.4 Å². The fourth-order valence-corrected chi connectivity index (χ4v) is 1.75. The summed E-state index contributed by atoms with van der Waals surface area (Å²) < 4.78 is 1.75.